The molecule has 0 unspecified atom stereocenters. The van der Waals surface area contributed by atoms with E-state index >= 15 is 0 Å². The molecule has 4 fully saturated rings. The molecule has 2 aromatic rings. The van der Waals surface area contributed by atoms with Crippen molar-refractivity contribution in [3.8, 4) is 6.07 Å². The zero-order valence-electron chi connectivity index (χ0n) is 15.1. The maximum absolute atomic E-state index is 12.6. The van der Waals surface area contributed by atoms with Crippen molar-refractivity contribution in [1.29, 1.82) is 5.26 Å². The Morgan fingerprint density at radius 3 is 2.85 bits per heavy atom. The Morgan fingerprint density at radius 1 is 1.26 bits per heavy atom. The van der Waals surface area contributed by atoms with Gasteiger partial charge in [-0.1, -0.05) is 12.1 Å². The fraction of sp³-hybridized carbons (Fsp3) is 0.500. The van der Waals surface area contributed by atoms with Crippen molar-refractivity contribution >= 4 is 22.5 Å². The van der Waals surface area contributed by atoms with Gasteiger partial charge in [-0.2, -0.15) is 5.26 Å². The molecular weight excluding hydrogens is 338 g/mol. The standard InChI is InChI=1S/C22H21N3O2/c23-12-22(11-21(22)3-4-21)16-2-1-14-10-24-18(8-15(14)7-16)25-19(26)17-9-20(17)5-6-27-13-20/h1-2,7-8,10,17H,3-6,9,11,13H2,(H,24,25,26)/t17-,20+,22-/m1/s1. The number of carbonyl (C=O) groups excluding carboxylic acids is 1. The van der Waals surface area contributed by atoms with Gasteiger partial charge >= 0.3 is 0 Å². The van der Waals surface area contributed by atoms with Crippen molar-refractivity contribution in [2.24, 2.45) is 16.7 Å². The minimum absolute atomic E-state index is 0.0480. The normalized spacial score (nSPS) is 34.6. The zero-order valence-corrected chi connectivity index (χ0v) is 15.1. The van der Waals surface area contributed by atoms with Crippen molar-refractivity contribution < 1.29 is 9.53 Å². The molecule has 136 valence electrons. The second-order valence-corrected chi connectivity index (χ2v) is 9.02. The highest BCUT2D eigenvalue weighted by Gasteiger charge is 2.75. The molecule has 1 saturated heterocycles. The highest BCUT2D eigenvalue weighted by molar-refractivity contribution is 5.96. The van der Waals surface area contributed by atoms with Crippen molar-refractivity contribution in [3.05, 3.63) is 36.0 Å². The molecule has 3 atom stereocenters. The van der Waals surface area contributed by atoms with E-state index in [9.17, 15) is 10.1 Å². The van der Waals surface area contributed by atoms with E-state index in [0.717, 1.165) is 42.2 Å². The Hall–Kier alpha value is -2.45. The van der Waals surface area contributed by atoms with E-state index in [1.165, 1.54) is 12.8 Å². The van der Waals surface area contributed by atoms with Crippen LogP contribution in [0.3, 0.4) is 0 Å². The van der Waals surface area contributed by atoms with Gasteiger partial charge in [0.1, 0.15) is 5.82 Å². The van der Waals surface area contributed by atoms with Gasteiger partial charge in [0.05, 0.1) is 18.1 Å². The lowest BCUT2D eigenvalue weighted by Crippen LogP contribution is -2.19. The number of fused-ring (bicyclic) bond motifs is 1. The Kier molecular flexibility index (Phi) is 2.82. The van der Waals surface area contributed by atoms with Crippen molar-refractivity contribution in [2.45, 2.75) is 37.5 Å². The van der Waals surface area contributed by atoms with Crippen LogP contribution in [0.5, 0.6) is 0 Å². The molecule has 1 amide bonds. The van der Waals surface area contributed by atoms with Crippen LogP contribution < -0.4 is 5.32 Å². The number of nitrogens with zero attached hydrogens (tertiary/aromatic N) is 2. The van der Waals surface area contributed by atoms with E-state index < -0.39 is 0 Å². The highest BCUT2D eigenvalue weighted by atomic mass is 16.5. The van der Waals surface area contributed by atoms with Gasteiger partial charge in [-0.3, -0.25) is 4.79 Å². The summed E-state index contributed by atoms with van der Waals surface area (Å²) in [6.45, 7) is 1.47. The number of nitriles is 1. The van der Waals surface area contributed by atoms with Gasteiger partial charge in [0, 0.05) is 29.5 Å². The van der Waals surface area contributed by atoms with Crippen LogP contribution in [0.15, 0.2) is 30.5 Å². The largest absolute Gasteiger partial charge is 0.381 e. The smallest absolute Gasteiger partial charge is 0.229 e. The molecule has 0 radical (unpaired) electrons. The molecule has 5 nitrogen and oxygen atoms in total. The van der Waals surface area contributed by atoms with Gasteiger partial charge < -0.3 is 10.1 Å². The first-order chi connectivity index (χ1) is 13.1. The predicted molar refractivity (Wildman–Crippen MR) is 99.9 cm³/mol. The SMILES string of the molecule is N#C[C@@]1(c2ccc3cnc(NC(=O)[C@H]4C[C@]45CCOC5)cc3c2)CC12CC2. The van der Waals surface area contributed by atoms with Crippen LogP contribution in [0.25, 0.3) is 10.8 Å². The van der Waals surface area contributed by atoms with Crippen molar-refractivity contribution in [3.63, 3.8) is 0 Å². The van der Waals surface area contributed by atoms with E-state index in [0.29, 0.717) is 12.4 Å². The second kappa shape index (κ2) is 4.88. The molecule has 6 rings (SSSR count). The minimum atomic E-state index is -0.295. The molecule has 1 N–H and O–H groups in total. The summed E-state index contributed by atoms with van der Waals surface area (Å²) in [5.41, 5.74) is 1.15. The molecule has 1 aromatic carbocycles. The Bertz CT molecular complexity index is 1030. The van der Waals surface area contributed by atoms with Crippen LogP contribution in [0, 0.1) is 28.1 Å². The fourth-order valence-corrected chi connectivity index (χ4v) is 5.31. The van der Waals surface area contributed by atoms with Gasteiger partial charge in [-0.05, 0) is 60.6 Å². The fourth-order valence-electron chi connectivity index (χ4n) is 5.31. The van der Waals surface area contributed by atoms with E-state index in [4.69, 9.17) is 4.74 Å². The maximum Gasteiger partial charge on any atom is 0.229 e. The number of rotatable bonds is 3. The van der Waals surface area contributed by atoms with Crippen LogP contribution in [-0.4, -0.2) is 24.1 Å². The van der Waals surface area contributed by atoms with Gasteiger partial charge in [0.15, 0.2) is 0 Å². The van der Waals surface area contributed by atoms with Crippen molar-refractivity contribution in [1.82, 2.24) is 4.98 Å². The highest BCUT2D eigenvalue weighted by Crippen LogP contribution is 2.78. The third-order valence-electron chi connectivity index (χ3n) is 7.53. The number of benzene rings is 1. The molecule has 1 aromatic heterocycles. The number of nitrogens with one attached hydrogen (secondary N) is 1. The first-order valence-electron chi connectivity index (χ1n) is 9.80. The number of carbonyl (C=O) groups is 1. The van der Waals surface area contributed by atoms with E-state index in [-0.39, 0.29) is 28.1 Å². The number of hydrogen-bond donors (Lipinski definition) is 1. The van der Waals surface area contributed by atoms with Gasteiger partial charge in [-0.15, -0.1) is 0 Å². The lowest BCUT2D eigenvalue weighted by Gasteiger charge is -2.11. The number of anilines is 1. The summed E-state index contributed by atoms with van der Waals surface area (Å²) in [6.07, 6.45) is 7.03. The molecule has 4 aliphatic rings. The summed E-state index contributed by atoms with van der Waals surface area (Å²) in [4.78, 5) is 17.0. The number of ether oxygens (including phenoxy) is 1. The Balaban J connectivity index is 1.27. The Morgan fingerprint density at radius 2 is 2.15 bits per heavy atom. The van der Waals surface area contributed by atoms with E-state index in [1.807, 2.05) is 12.1 Å². The van der Waals surface area contributed by atoms with E-state index in [1.54, 1.807) is 6.20 Å². The number of hydrogen-bond acceptors (Lipinski definition) is 4. The Labute approximate surface area is 157 Å². The summed E-state index contributed by atoms with van der Waals surface area (Å²) < 4.78 is 5.47. The molecule has 3 saturated carbocycles. The van der Waals surface area contributed by atoms with Crippen LogP contribution in [0.1, 0.15) is 37.7 Å². The number of amides is 1. The molecule has 1 aliphatic heterocycles. The monoisotopic (exact) mass is 359 g/mol. The molecule has 2 heterocycles. The predicted octanol–water partition coefficient (Wildman–Crippen LogP) is 3.55. The van der Waals surface area contributed by atoms with Gasteiger partial charge in [-0.25, -0.2) is 4.98 Å². The number of pyridine rings is 1. The summed E-state index contributed by atoms with van der Waals surface area (Å²) in [5.74, 6) is 0.691. The van der Waals surface area contributed by atoms with Gasteiger partial charge in [0.2, 0.25) is 5.91 Å². The average Bonchev–Trinajstić information content (AvgIpc) is 3.61. The lowest BCUT2D eigenvalue weighted by atomic mass is 9.92. The second-order valence-electron chi connectivity index (χ2n) is 9.02. The molecular formula is C22H21N3O2. The molecule has 3 aliphatic carbocycles. The summed E-state index contributed by atoms with van der Waals surface area (Å²) in [7, 11) is 0. The third-order valence-corrected chi connectivity index (χ3v) is 7.53. The maximum atomic E-state index is 12.6. The summed E-state index contributed by atoms with van der Waals surface area (Å²) in [6, 6.07) is 10.8. The molecule has 2 spiro atoms. The van der Waals surface area contributed by atoms with Gasteiger partial charge in [0.25, 0.3) is 0 Å². The first kappa shape index (κ1) is 15.6. The average molecular weight is 359 g/mol. The topological polar surface area (TPSA) is 75.0 Å². The van der Waals surface area contributed by atoms with Crippen LogP contribution >= 0.6 is 0 Å². The van der Waals surface area contributed by atoms with Crippen LogP contribution in [0.4, 0.5) is 5.82 Å². The minimum Gasteiger partial charge on any atom is -0.381 e. The van der Waals surface area contributed by atoms with E-state index in [2.05, 4.69) is 28.5 Å². The first-order valence-corrected chi connectivity index (χ1v) is 9.80. The summed E-state index contributed by atoms with van der Waals surface area (Å²) in [5, 5.41) is 14.8. The van der Waals surface area contributed by atoms with Crippen LogP contribution in [-0.2, 0) is 14.9 Å². The molecule has 27 heavy (non-hydrogen) atoms. The summed E-state index contributed by atoms with van der Waals surface area (Å²) >= 11 is 0. The zero-order chi connectivity index (χ0) is 18.3. The quantitative estimate of drug-likeness (QED) is 0.909. The third kappa shape index (κ3) is 2.08. The number of aromatic nitrogens is 1. The molecule has 0 bridgehead atoms. The molecule has 5 heteroatoms. The lowest BCUT2D eigenvalue weighted by molar-refractivity contribution is -0.118. The van der Waals surface area contributed by atoms with Crippen LogP contribution in [0.2, 0.25) is 0 Å². The van der Waals surface area contributed by atoms with Crippen molar-refractivity contribution in [2.75, 3.05) is 18.5 Å².